The Bertz CT molecular complexity index is 592. The predicted molar refractivity (Wildman–Crippen MR) is 93.1 cm³/mol. The van der Waals surface area contributed by atoms with E-state index in [0.717, 1.165) is 24.3 Å². The lowest BCUT2D eigenvalue weighted by molar-refractivity contribution is 0.346. The smallest absolute Gasteiger partial charge is 0.124 e. The normalized spacial score (nSPS) is 11.9. The van der Waals surface area contributed by atoms with Crippen molar-refractivity contribution >= 4 is 0 Å². The molecule has 0 radical (unpaired) electrons. The molecule has 2 rings (SSSR count). The van der Waals surface area contributed by atoms with Crippen LogP contribution in [0.25, 0.3) is 0 Å². The molecule has 2 nitrogen and oxygen atoms in total. The van der Waals surface area contributed by atoms with E-state index in [0.29, 0.717) is 12.6 Å². The van der Waals surface area contributed by atoms with Crippen LogP contribution in [0.1, 0.15) is 37.4 Å². The second kappa shape index (κ2) is 8.40. The monoisotopic (exact) mass is 295 g/mol. The molecule has 22 heavy (non-hydrogen) atoms. The summed E-state index contributed by atoms with van der Waals surface area (Å²) in [7, 11) is 0. The van der Waals surface area contributed by atoms with Crippen molar-refractivity contribution in [3.8, 4) is 5.75 Å². The van der Waals surface area contributed by atoms with Crippen molar-refractivity contribution in [1.82, 2.24) is 5.32 Å². The molecule has 2 heteroatoms. The summed E-state index contributed by atoms with van der Waals surface area (Å²) in [5.74, 6) is 0.931. The van der Waals surface area contributed by atoms with E-state index in [1.807, 2.05) is 25.1 Å². The highest BCUT2D eigenvalue weighted by Gasteiger charge is 2.10. The van der Waals surface area contributed by atoms with Gasteiger partial charge in [0.15, 0.2) is 0 Å². The van der Waals surface area contributed by atoms with Gasteiger partial charge in [-0.1, -0.05) is 62.0 Å². The van der Waals surface area contributed by atoms with Gasteiger partial charge in [-0.2, -0.15) is 0 Å². The van der Waals surface area contributed by atoms with Crippen molar-refractivity contribution in [3.63, 3.8) is 0 Å². The molecule has 0 aliphatic carbocycles. The number of ether oxygens (including phenoxy) is 1. The summed E-state index contributed by atoms with van der Waals surface area (Å²) in [6, 6.07) is 19.1. The Balaban J connectivity index is 2.02. The first kappa shape index (κ1) is 16.3. The fraction of sp³-hybridized carbons (Fsp3) is 0.300. The van der Waals surface area contributed by atoms with Gasteiger partial charge in [0.1, 0.15) is 12.4 Å². The zero-order chi connectivity index (χ0) is 15.8. The van der Waals surface area contributed by atoms with E-state index in [1.54, 1.807) is 0 Å². The van der Waals surface area contributed by atoms with Crippen molar-refractivity contribution < 1.29 is 4.74 Å². The van der Waals surface area contributed by atoms with Gasteiger partial charge < -0.3 is 10.1 Å². The van der Waals surface area contributed by atoms with Gasteiger partial charge in [0, 0.05) is 18.2 Å². The second-order valence-electron chi connectivity index (χ2n) is 5.61. The van der Waals surface area contributed by atoms with E-state index in [-0.39, 0.29) is 0 Å². The predicted octanol–water partition coefficient (Wildman–Crippen LogP) is 4.88. The molecular formula is C20H25NO. The van der Waals surface area contributed by atoms with E-state index < -0.39 is 0 Å². The summed E-state index contributed by atoms with van der Waals surface area (Å²) in [5, 5.41) is 3.63. The molecule has 0 aliphatic rings. The molecule has 0 fully saturated rings. The van der Waals surface area contributed by atoms with Gasteiger partial charge in [-0.3, -0.25) is 0 Å². The van der Waals surface area contributed by atoms with Crippen molar-refractivity contribution in [3.05, 3.63) is 77.9 Å². The van der Waals surface area contributed by atoms with Crippen LogP contribution in [0.3, 0.4) is 0 Å². The minimum absolute atomic E-state index is 0.357. The number of benzene rings is 2. The summed E-state index contributed by atoms with van der Waals surface area (Å²) < 4.78 is 5.83. The van der Waals surface area contributed by atoms with Gasteiger partial charge in [0.25, 0.3) is 0 Å². The lowest BCUT2D eigenvalue weighted by Gasteiger charge is -2.19. The molecule has 2 aromatic carbocycles. The summed E-state index contributed by atoms with van der Waals surface area (Å²) >= 11 is 0. The Labute approximate surface area is 133 Å². The largest absolute Gasteiger partial charge is 0.489 e. The van der Waals surface area contributed by atoms with Crippen LogP contribution in [-0.2, 0) is 6.54 Å². The molecule has 0 aromatic heterocycles. The van der Waals surface area contributed by atoms with E-state index in [9.17, 15) is 0 Å². The van der Waals surface area contributed by atoms with Crippen LogP contribution in [0, 0.1) is 0 Å². The Kier molecular flexibility index (Phi) is 6.23. The van der Waals surface area contributed by atoms with Crippen LogP contribution in [0.2, 0.25) is 0 Å². The number of nitrogens with one attached hydrogen (secondary N) is 1. The molecule has 0 saturated carbocycles. The Hall–Kier alpha value is -2.06. The molecule has 0 spiro atoms. The molecule has 0 saturated heterocycles. The Morgan fingerprint density at radius 3 is 2.45 bits per heavy atom. The lowest BCUT2D eigenvalue weighted by Crippen LogP contribution is -2.20. The number of para-hydroxylation sites is 1. The standard InChI is InChI=1S/C20H25NO/c1-4-19(17-10-6-5-7-11-17)21-14-18-12-8-9-13-20(18)22-15-16(2)3/h5-13,19,21H,2,4,14-15H2,1,3H3. The van der Waals surface area contributed by atoms with Gasteiger partial charge in [-0.15, -0.1) is 0 Å². The summed E-state index contributed by atoms with van der Waals surface area (Å²) in [6.45, 7) is 9.42. The first-order valence-electron chi connectivity index (χ1n) is 7.84. The topological polar surface area (TPSA) is 21.3 Å². The number of hydrogen-bond donors (Lipinski definition) is 1. The fourth-order valence-corrected chi connectivity index (χ4v) is 2.41. The van der Waals surface area contributed by atoms with E-state index in [1.165, 1.54) is 11.1 Å². The van der Waals surface area contributed by atoms with Crippen LogP contribution in [0.4, 0.5) is 0 Å². The molecule has 1 N–H and O–H groups in total. The first-order chi connectivity index (χ1) is 10.7. The summed E-state index contributed by atoms with van der Waals surface area (Å²) in [6.07, 6.45) is 1.05. The van der Waals surface area contributed by atoms with E-state index in [4.69, 9.17) is 4.74 Å². The first-order valence-corrected chi connectivity index (χ1v) is 7.84. The maximum atomic E-state index is 5.83. The van der Waals surface area contributed by atoms with Gasteiger partial charge >= 0.3 is 0 Å². The summed E-state index contributed by atoms with van der Waals surface area (Å²) in [4.78, 5) is 0. The molecule has 0 bridgehead atoms. The number of rotatable bonds is 8. The Morgan fingerprint density at radius 2 is 1.77 bits per heavy atom. The molecule has 0 heterocycles. The lowest BCUT2D eigenvalue weighted by atomic mass is 10.0. The average molecular weight is 295 g/mol. The van der Waals surface area contributed by atoms with Crippen LogP contribution >= 0.6 is 0 Å². The molecule has 116 valence electrons. The highest BCUT2D eigenvalue weighted by molar-refractivity contribution is 5.33. The second-order valence-corrected chi connectivity index (χ2v) is 5.61. The highest BCUT2D eigenvalue weighted by Crippen LogP contribution is 2.21. The SMILES string of the molecule is C=C(C)COc1ccccc1CNC(CC)c1ccccc1. The van der Waals surface area contributed by atoms with Crippen LogP contribution in [0.15, 0.2) is 66.7 Å². The van der Waals surface area contributed by atoms with Crippen molar-refractivity contribution in [1.29, 1.82) is 0 Å². The Morgan fingerprint density at radius 1 is 1.09 bits per heavy atom. The van der Waals surface area contributed by atoms with Gasteiger partial charge in [-0.25, -0.2) is 0 Å². The number of hydrogen-bond acceptors (Lipinski definition) is 2. The minimum atomic E-state index is 0.357. The van der Waals surface area contributed by atoms with Crippen molar-refractivity contribution in [2.75, 3.05) is 6.61 Å². The molecule has 0 aliphatic heterocycles. The van der Waals surface area contributed by atoms with Crippen LogP contribution in [-0.4, -0.2) is 6.61 Å². The van der Waals surface area contributed by atoms with E-state index in [2.05, 4.69) is 55.2 Å². The van der Waals surface area contributed by atoms with Gasteiger partial charge in [0.2, 0.25) is 0 Å². The maximum absolute atomic E-state index is 5.83. The zero-order valence-electron chi connectivity index (χ0n) is 13.5. The molecule has 1 atom stereocenters. The van der Waals surface area contributed by atoms with E-state index >= 15 is 0 Å². The quantitative estimate of drug-likeness (QED) is 0.701. The maximum Gasteiger partial charge on any atom is 0.124 e. The van der Waals surface area contributed by atoms with Gasteiger partial charge in [-0.05, 0) is 30.5 Å². The molecular weight excluding hydrogens is 270 g/mol. The molecule has 0 amide bonds. The van der Waals surface area contributed by atoms with Crippen molar-refractivity contribution in [2.24, 2.45) is 0 Å². The van der Waals surface area contributed by atoms with Crippen molar-refractivity contribution in [2.45, 2.75) is 32.9 Å². The summed E-state index contributed by atoms with van der Waals surface area (Å²) in [5.41, 5.74) is 3.53. The minimum Gasteiger partial charge on any atom is -0.489 e. The third kappa shape index (κ3) is 4.74. The third-order valence-electron chi connectivity index (χ3n) is 3.60. The van der Waals surface area contributed by atoms with Crippen LogP contribution < -0.4 is 10.1 Å². The highest BCUT2D eigenvalue weighted by atomic mass is 16.5. The van der Waals surface area contributed by atoms with Gasteiger partial charge in [0.05, 0.1) is 0 Å². The third-order valence-corrected chi connectivity index (χ3v) is 3.60. The molecule has 1 unspecified atom stereocenters. The van der Waals surface area contributed by atoms with Crippen LogP contribution in [0.5, 0.6) is 5.75 Å². The molecule has 2 aromatic rings. The average Bonchev–Trinajstić information content (AvgIpc) is 2.55. The zero-order valence-corrected chi connectivity index (χ0v) is 13.5. The fourth-order valence-electron chi connectivity index (χ4n) is 2.41.